The Bertz CT molecular complexity index is 342. The van der Waals surface area contributed by atoms with E-state index in [1.165, 1.54) is 7.11 Å². The van der Waals surface area contributed by atoms with Crippen molar-refractivity contribution in [2.75, 3.05) is 28.4 Å². The number of esters is 1. The van der Waals surface area contributed by atoms with Crippen LogP contribution in [-0.2, 0) is 28.0 Å². The molecule has 0 rings (SSSR count). The molecule has 0 aliphatic heterocycles. The molecule has 92 valence electrons. The number of oxime groups is 1. The van der Waals surface area contributed by atoms with Crippen molar-refractivity contribution in [2.45, 2.75) is 0 Å². The van der Waals surface area contributed by atoms with Crippen LogP contribution >= 0.6 is 7.60 Å². The molecule has 0 spiro atoms. The van der Waals surface area contributed by atoms with E-state index < -0.39 is 13.6 Å². The van der Waals surface area contributed by atoms with Gasteiger partial charge in [0.1, 0.15) is 7.11 Å². The molecule has 0 fully saturated rings. The summed E-state index contributed by atoms with van der Waals surface area (Å²) in [5, 5.41) is 3.14. The zero-order valence-corrected chi connectivity index (χ0v) is 10.4. The first-order valence-electron chi connectivity index (χ1n) is 4.07. The van der Waals surface area contributed by atoms with Crippen molar-refractivity contribution >= 4 is 19.3 Å². The second kappa shape index (κ2) is 6.42. The zero-order valence-electron chi connectivity index (χ0n) is 9.55. The summed E-state index contributed by atoms with van der Waals surface area (Å²) in [6.07, 6.45) is 0. The van der Waals surface area contributed by atoms with E-state index in [2.05, 4.69) is 30.4 Å². The molecule has 7 nitrogen and oxygen atoms in total. The van der Waals surface area contributed by atoms with E-state index in [9.17, 15) is 9.36 Å². The fourth-order valence-electron chi connectivity index (χ4n) is 0.820. The molecule has 0 aliphatic carbocycles. The van der Waals surface area contributed by atoms with Crippen molar-refractivity contribution < 1.29 is 28.0 Å². The van der Waals surface area contributed by atoms with Gasteiger partial charge in [-0.15, -0.1) is 0 Å². The summed E-state index contributed by atoms with van der Waals surface area (Å²) in [5.41, 5.74) is -0.350. The molecule has 0 aliphatic rings. The summed E-state index contributed by atoms with van der Waals surface area (Å²) in [7, 11) is 1.06. The molecule has 0 unspecified atom stereocenters. The SMILES string of the molecule is C=C(/C(=N\OC)C(=O)OC)P(=O)(OC)OC. The maximum atomic E-state index is 11.9. The Hall–Kier alpha value is -1.17. The summed E-state index contributed by atoms with van der Waals surface area (Å²) in [4.78, 5) is 15.7. The molecular formula is C8H14NO6P. The normalized spacial score (nSPS) is 12.1. The summed E-state index contributed by atoms with van der Waals surface area (Å²) in [6, 6.07) is 0. The van der Waals surface area contributed by atoms with E-state index >= 15 is 0 Å². The van der Waals surface area contributed by atoms with Crippen LogP contribution in [-0.4, -0.2) is 40.1 Å². The smallest absolute Gasteiger partial charge is 0.362 e. The molecule has 0 amide bonds. The van der Waals surface area contributed by atoms with Crippen LogP contribution in [0, 0.1) is 0 Å². The van der Waals surface area contributed by atoms with Crippen LogP contribution in [0.1, 0.15) is 0 Å². The zero-order chi connectivity index (χ0) is 12.8. The number of carbonyl (C=O) groups is 1. The fourth-order valence-corrected chi connectivity index (χ4v) is 1.80. The van der Waals surface area contributed by atoms with Crippen LogP contribution in [0.5, 0.6) is 0 Å². The lowest BCUT2D eigenvalue weighted by Gasteiger charge is -2.15. The highest BCUT2D eigenvalue weighted by molar-refractivity contribution is 7.60. The lowest BCUT2D eigenvalue weighted by atomic mass is 10.4. The van der Waals surface area contributed by atoms with E-state index in [1.807, 2.05) is 0 Å². The van der Waals surface area contributed by atoms with Gasteiger partial charge < -0.3 is 18.6 Å². The minimum Gasteiger partial charge on any atom is -0.464 e. The highest BCUT2D eigenvalue weighted by Gasteiger charge is 2.34. The number of hydrogen-bond acceptors (Lipinski definition) is 7. The number of hydrogen-bond donors (Lipinski definition) is 0. The standard InChI is InChI=1S/C8H14NO6P/c1-6(16(11,14-4)15-5)7(9-13-3)8(10)12-2/h1H2,2-5H3/b9-7+. The quantitative estimate of drug-likeness (QED) is 0.305. The fraction of sp³-hybridized carbons (Fsp3) is 0.500. The van der Waals surface area contributed by atoms with Crippen molar-refractivity contribution in [1.82, 2.24) is 0 Å². The Morgan fingerprint density at radius 1 is 1.19 bits per heavy atom. The second-order valence-corrected chi connectivity index (χ2v) is 4.69. The van der Waals surface area contributed by atoms with Crippen molar-refractivity contribution in [2.24, 2.45) is 5.16 Å². The average Bonchev–Trinajstić information content (AvgIpc) is 2.33. The third kappa shape index (κ3) is 3.16. The molecule has 0 bridgehead atoms. The Kier molecular flexibility index (Phi) is 5.95. The van der Waals surface area contributed by atoms with E-state index in [4.69, 9.17) is 0 Å². The first-order valence-corrected chi connectivity index (χ1v) is 5.61. The molecule has 0 saturated heterocycles. The van der Waals surface area contributed by atoms with E-state index in [0.717, 1.165) is 21.3 Å². The molecule has 0 N–H and O–H groups in total. The van der Waals surface area contributed by atoms with Crippen LogP contribution in [0.15, 0.2) is 17.0 Å². The molecule has 16 heavy (non-hydrogen) atoms. The number of carbonyl (C=O) groups excluding carboxylic acids is 1. The highest BCUT2D eigenvalue weighted by Crippen LogP contribution is 2.54. The van der Waals surface area contributed by atoms with Gasteiger partial charge in [0.05, 0.1) is 12.4 Å². The first kappa shape index (κ1) is 14.8. The van der Waals surface area contributed by atoms with Gasteiger partial charge in [-0.25, -0.2) is 4.79 Å². The summed E-state index contributed by atoms with van der Waals surface area (Å²) in [6.45, 7) is 3.43. The molecule has 0 aromatic rings. The molecule has 0 aromatic carbocycles. The summed E-state index contributed by atoms with van der Waals surface area (Å²) >= 11 is 0. The van der Waals surface area contributed by atoms with E-state index in [-0.39, 0.29) is 11.0 Å². The van der Waals surface area contributed by atoms with E-state index in [1.54, 1.807) is 0 Å². The third-order valence-corrected chi connectivity index (χ3v) is 3.48. The third-order valence-electron chi connectivity index (χ3n) is 1.65. The molecule has 0 atom stereocenters. The van der Waals surface area contributed by atoms with Crippen molar-refractivity contribution in [1.29, 1.82) is 0 Å². The summed E-state index contributed by atoms with van der Waals surface area (Å²) in [5.74, 6) is -0.846. The Morgan fingerprint density at radius 2 is 1.69 bits per heavy atom. The topological polar surface area (TPSA) is 83.4 Å². The van der Waals surface area contributed by atoms with E-state index in [0.29, 0.717) is 0 Å². The van der Waals surface area contributed by atoms with Crippen molar-refractivity contribution in [3.63, 3.8) is 0 Å². The van der Waals surface area contributed by atoms with Gasteiger partial charge in [0, 0.05) is 14.2 Å². The van der Waals surface area contributed by atoms with Crippen molar-refractivity contribution in [3.8, 4) is 0 Å². The number of methoxy groups -OCH3 is 1. The minimum absolute atomic E-state index is 0.230. The average molecular weight is 251 g/mol. The highest BCUT2D eigenvalue weighted by atomic mass is 31.2. The Labute approximate surface area is 93.5 Å². The lowest BCUT2D eigenvalue weighted by molar-refractivity contribution is -0.132. The monoisotopic (exact) mass is 251 g/mol. The lowest BCUT2D eigenvalue weighted by Crippen LogP contribution is -2.19. The van der Waals surface area contributed by atoms with Gasteiger partial charge in [-0.05, 0) is 0 Å². The Morgan fingerprint density at radius 3 is 2.00 bits per heavy atom. The van der Waals surface area contributed by atoms with Crippen LogP contribution in [0.25, 0.3) is 0 Å². The van der Waals surface area contributed by atoms with Crippen LogP contribution < -0.4 is 0 Å². The van der Waals surface area contributed by atoms with Gasteiger partial charge in [-0.1, -0.05) is 11.7 Å². The molecule has 0 saturated carbocycles. The largest absolute Gasteiger partial charge is 0.464 e. The predicted octanol–water partition coefficient (Wildman–Crippen LogP) is 1.16. The molecule has 0 radical (unpaired) electrons. The number of ether oxygens (including phenoxy) is 1. The number of nitrogens with zero attached hydrogens (tertiary/aromatic N) is 1. The van der Waals surface area contributed by atoms with Crippen LogP contribution in [0.4, 0.5) is 0 Å². The van der Waals surface area contributed by atoms with Gasteiger partial charge in [-0.3, -0.25) is 4.57 Å². The van der Waals surface area contributed by atoms with Gasteiger partial charge in [0.25, 0.3) is 0 Å². The summed E-state index contributed by atoms with van der Waals surface area (Å²) < 4.78 is 25.6. The second-order valence-electron chi connectivity index (χ2n) is 2.42. The first-order chi connectivity index (χ1) is 7.46. The maximum absolute atomic E-state index is 11.9. The van der Waals surface area contributed by atoms with Gasteiger partial charge >= 0.3 is 13.6 Å². The van der Waals surface area contributed by atoms with Crippen molar-refractivity contribution in [3.05, 3.63) is 11.9 Å². The van der Waals surface area contributed by atoms with Crippen LogP contribution in [0.2, 0.25) is 0 Å². The van der Waals surface area contributed by atoms with Gasteiger partial charge in [-0.2, -0.15) is 0 Å². The molecule has 0 aromatic heterocycles. The molecule has 0 heterocycles. The Balaban J connectivity index is 5.27. The molecular weight excluding hydrogens is 237 g/mol. The number of rotatable bonds is 6. The van der Waals surface area contributed by atoms with Gasteiger partial charge in [0.15, 0.2) is 0 Å². The maximum Gasteiger partial charge on any atom is 0.362 e. The molecule has 8 heteroatoms. The predicted molar refractivity (Wildman–Crippen MR) is 57.2 cm³/mol. The minimum atomic E-state index is -3.63. The van der Waals surface area contributed by atoms with Gasteiger partial charge in [0.2, 0.25) is 5.71 Å². The van der Waals surface area contributed by atoms with Crippen LogP contribution in [0.3, 0.4) is 0 Å².